The summed E-state index contributed by atoms with van der Waals surface area (Å²) in [4.78, 5) is 1.16. The summed E-state index contributed by atoms with van der Waals surface area (Å²) >= 11 is 5.10. The Kier molecular flexibility index (Phi) is 3.00. The summed E-state index contributed by atoms with van der Waals surface area (Å²) in [6, 6.07) is 6.12. The number of halogens is 1. The Labute approximate surface area is 94.5 Å². The monoisotopic (exact) mass is 271 g/mol. The SMILES string of the molecule is NCCc1cc(-c2ccc(Br)s2)n[nH]1. The van der Waals surface area contributed by atoms with E-state index in [0.29, 0.717) is 6.54 Å². The van der Waals surface area contributed by atoms with Gasteiger partial charge in [0.25, 0.3) is 0 Å². The third-order valence-corrected chi connectivity index (χ3v) is 3.52. The van der Waals surface area contributed by atoms with Crippen LogP contribution in [0, 0.1) is 0 Å². The van der Waals surface area contributed by atoms with E-state index in [2.05, 4.69) is 32.2 Å². The molecule has 0 aliphatic heterocycles. The number of thiophene rings is 1. The smallest absolute Gasteiger partial charge is 0.102 e. The van der Waals surface area contributed by atoms with E-state index >= 15 is 0 Å². The lowest BCUT2D eigenvalue weighted by atomic mass is 10.2. The van der Waals surface area contributed by atoms with Crippen molar-refractivity contribution in [1.82, 2.24) is 10.2 Å². The van der Waals surface area contributed by atoms with Gasteiger partial charge < -0.3 is 5.73 Å². The molecule has 0 fully saturated rings. The van der Waals surface area contributed by atoms with Crippen LogP contribution in [-0.4, -0.2) is 16.7 Å². The molecule has 2 heterocycles. The molecule has 0 atom stereocenters. The van der Waals surface area contributed by atoms with E-state index < -0.39 is 0 Å². The second-order valence-electron chi connectivity index (χ2n) is 2.92. The van der Waals surface area contributed by atoms with Gasteiger partial charge in [-0.2, -0.15) is 5.10 Å². The summed E-state index contributed by atoms with van der Waals surface area (Å²) < 4.78 is 1.12. The molecule has 2 aromatic heterocycles. The van der Waals surface area contributed by atoms with Crippen molar-refractivity contribution in [2.45, 2.75) is 6.42 Å². The molecule has 0 aliphatic carbocycles. The Morgan fingerprint density at radius 2 is 2.36 bits per heavy atom. The maximum atomic E-state index is 5.46. The minimum Gasteiger partial charge on any atom is -0.330 e. The number of rotatable bonds is 3. The molecule has 14 heavy (non-hydrogen) atoms. The number of nitrogens with two attached hydrogens (primary N) is 1. The number of nitrogens with zero attached hydrogens (tertiary/aromatic N) is 1. The maximum absolute atomic E-state index is 5.46. The van der Waals surface area contributed by atoms with Crippen LogP contribution < -0.4 is 5.73 Å². The third kappa shape index (κ3) is 2.05. The highest BCUT2D eigenvalue weighted by Gasteiger charge is 2.05. The number of aromatic nitrogens is 2. The van der Waals surface area contributed by atoms with Gasteiger partial charge >= 0.3 is 0 Å². The summed E-state index contributed by atoms with van der Waals surface area (Å²) in [7, 11) is 0. The van der Waals surface area contributed by atoms with Gasteiger partial charge in [0, 0.05) is 12.1 Å². The van der Waals surface area contributed by atoms with Crippen molar-refractivity contribution in [2.75, 3.05) is 6.54 Å². The first-order chi connectivity index (χ1) is 6.79. The largest absolute Gasteiger partial charge is 0.330 e. The molecule has 0 amide bonds. The van der Waals surface area contributed by atoms with Crippen LogP contribution in [-0.2, 0) is 6.42 Å². The predicted molar refractivity (Wildman–Crippen MR) is 62.4 cm³/mol. The molecule has 0 radical (unpaired) electrons. The van der Waals surface area contributed by atoms with Crippen molar-refractivity contribution < 1.29 is 0 Å². The van der Waals surface area contributed by atoms with E-state index in [-0.39, 0.29) is 0 Å². The van der Waals surface area contributed by atoms with Crippen LogP contribution in [0.25, 0.3) is 10.6 Å². The number of hydrogen-bond acceptors (Lipinski definition) is 3. The average molecular weight is 272 g/mol. The molecule has 2 aromatic rings. The summed E-state index contributed by atoms with van der Waals surface area (Å²) in [5.74, 6) is 0. The Hall–Kier alpha value is -0.650. The number of hydrogen-bond donors (Lipinski definition) is 2. The van der Waals surface area contributed by atoms with Crippen LogP contribution >= 0.6 is 27.3 Å². The fourth-order valence-electron chi connectivity index (χ4n) is 1.22. The standard InChI is InChI=1S/C9H10BrN3S/c10-9-2-1-8(14-9)7-5-6(3-4-11)12-13-7/h1-2,5H,3-4,11H2,(H,12,13). The molecule has 3 nitrogen and oxygen atoms in total. The molecule has 0 unspecified atom stereocenters. The van der Waals surface area contributed by atoms with E-state index in [9.17, 15) is 0 Å². The molecule has 0 saturated heterocycles. The highest BCUT2D eigenvalue weighted by Crippen LogP contribution is 2.30. The molecule has 0 saturated carbocycles. The van der Waals surface area contributed by atoms with Gasteiger partial charge in [0.2, 0.25) is 0 Å². The molecule has 3 N–H and O–H groups in total. The minimum absolute atomic E-state index is 0.649. The van der Waals surface area contributed by atoms with E-state index in [1.54, 1.807) is 11.3 Å². The highest BCUT2D eigenvalue weighted by atomic mass is 79.9. The Balaban J connectivity index is 2.24. The lowest BCUT2D eigenvalue weighted by Gasteiger charge is -1.87. The topological polar surface area (TPSA) is 54.7 Å². The molecule has 0 bridgehead atoms. The minimum atomic E-state index is 0.649. The number of aromatic amines is 1. The molecule has 0 aliphatic rings. The Morgan fingerprint density at radius 3 is 3.00 bits per heavy atom. The van der Waals surface area contributed by atoms with Gasteiger partial charge in [-0.15, -0.1) is 11.3 Å². The zero-order valence-corrected chi connectivity index (χ0v) is 9.86. The first kappa shape index (κ1) is 9.89. The maximum Gasteiger partial charge on any atom is 0.102 e. The Bertz CT molecular complexity index is 421. The molecular formula is C9H10BrN3S. The van der Waals surface area contributed by atoms with Crippen LogP contribution in [0.5, 0.6) is 0 Å². The zero-order chi connectivity index (χ0) is 9.97. The van der Waals surface area contributed by atoms with Crippen molar-refractivity contribution in [3.05, 3.63) is 27.7 Å². The van der Waals surface area contributed by atoms with E-state index in [1.807, 2.05) is 12.1 Å². The van der Waals surface area contributed by atoms with Gasteiger partial charge in [-0.3, -0.25) is 5.10 Å². The van der Waals surface area contributed by atoms with Crippen LogP contribution in [0.2, 0.25) is 0 Å². The third-order valence-electron chi connectivity index (χ3n) is 1.87. The fraction of sp³-hybridized carbons (Fsp3) is 0.222. The number of H-pyrrole nitrogens is 1. The van der Waals surface area contributed by atoms with Gasteiger partial charge in [-0.05, 0) is 40.7 Å². The zero-order valence-electron chi connectivity index (χ0n) is 7.46. The normalized spacial score (nSPS) is 10.7. The summed E-state index contributed by atoms with van der Waals surface area (Å²) in [6.07, 6.45) is 0.847. The molecule has 0 spiro atoms. The first-order valence-corrected chi connectivity index (χ1v) is 5.90. The second-order valence-corrected chi connectivity index (χ2v) is 5.38. The summed E-state index contributed by atoms with van der Waals surface area (Å²) in [6.45, 7) is 0.649. The van der Waals surface area contributed by atoms with Crippen LogP contribution in [0.3, 0.4) is 0 Å². The quantitative estimate of drug-likeness (QED) is 0.901. The van der Waals surface area contributed by atoms with Crippen LogP contribution in [0.4, 0.5) is 0 Å². The number of nitrogens with one attached hydrogen (secondary N) is 1. The van der Waals surface area contributed by atoms with Gasteiger partial charge in [0.05, 0.1) is 8.66 Å². The van der Waals surface area contributed by atoms with E-state index in [1.165, 1.54) is 0 Å². The van der Waals surface area contributed by atoms with Crippen LogP contribution in [0.1, 0.15) is 5.69 Å². The van der Waals surface area contributed by atoms with Crippen molar-refractivity contribution in [3.63, 3.8) is 0 Å². The van der Waals surface area contributed by atoms with Crippen molar-refractivity contribution >= 4 is 27.3 Å². The molecule has 0 aromatic carbocycles. The van der Waals surface area contributed by atoms with Crippen LogP contribution in [0.15, 0.2) is 22.0 Å². The fourth-order valence-corrected chi connectivity index (χ4v) is 2.57. The highest BCUT2D eigenvalue weighted by molar-refractivity contribution is 9.11. The van der Waals surface area contributed by atoms with E-state index in [0.717, 1.165) is 26.5 Å². The molecule has 74 valence electrons. The molecular weight excluding hydrogens is 262 g/mol. The van der Waals surface area contributed by atoms with Gasteiger partial charge in [0.15, 0.2) is 0 Å². The second kappa shape index (κ2) is 4.25. The lowest BCUT2D eigenvalue weighted by molar-refractivity contribution is 0.902. The lowest BCUT2D eigenvalue weighted by Crippen LogP contribution is -2.02. The summed E-state index contributed by atoms with van der Waals surface area (Å²) in [5.41, 5.74) is 7.54. The van der Waals surface area contributed by atoms with E-state index in [4.69, 9.17) is 5.73 Å². The first-order valence-electron chi connectivity index (χ1n) is 4.29. The van der Waals surface area contributed by atoms with Gasteiger partial charge in [-0.25, -0.2) is 0 Å². The summed E-state index contributed by atoms with van der Waals surface area (Å²) in [5, 5.41) is 7.20. The molecule has 5 heteroatoms. The molecule has 2 rings (SSSR count). The van der Waals surface area contributed by atoms with Crippen molar-refractivity contribution in [1.29, 1.82) is 0 Å². The van der Waals surface area contributed by atoms with Crippen molar-refractivity contribution in [3.8, 4) is 10.6 Å². The van der Waals surface area contributed by atoms with Crippen molar-refractivity contribution in [2.24, 2.45) is 5.73 Å². The Morgan fingerprint density at radius 1 is 1.50 bits per heavy atom. The van der Waals surface area contributed by atoms with Gasteiger partial charge in [-0.1, -0.05) is 0 Å². The predicted octanol–water partition coefficient (Wildman–Crippen LogP) is 2.40. The van der Waals surface area contributed by atoms with Gasteiger partial charge in [0.1, 0.15) is 5.69 Å². The average Bonchev–Trinajstić information content (AvgIpc) is 2.74.